The summed E-state index contributed by atoms with van der Waals surface area (Å²) < 4.78 is 1.86. The monoisotopic (exact) mass is 250 g/mol. The Balaban J connectivity index is 1.54. The first kappa shape index (κ1) is 12.1. The van der Waals surface area contributed by atoms with Crippen molar-refractivity contribution < 1.29 is 5.11 Å². The maximum Gasteiger partial charge on any atom is 0.0964 e. The average Bonchev–Trinajstić information content (AvgIpc) is 3.08. The summed E-state index contributed by atoms with van der Waals surface area (Å²) >= 11 is 0. The Morgan fingerprint density at radius 3 is 2.89 bits per heavy atom. The minimum absolute atomic E-state index is 0.128. The van der Waals surface area contributed by atoms with Crippen LogP contribution in [0.2, 0.25) is 0 Å². The number of rotatable bonds is 5. The van der Waals surface area contributed by atoms with Gasteiger partial charge in [0.25, 0.3) is 0 Å². The third-order valence-corrected chi connectivity index (χ3v) is 4.03. The lowest BCUT2D eigenvalue weighted by Crippen LogP contribution is -2.28. The lowest BCUT2D eigenvalue weighted by Gasteiger charge is -2.27. The second kappa shape index (κ2) is 5.36. The molecule has 2 unspecified atom stereocenters. The molecule has 100 valence electrons. The predicted molar refractivity (Wildman–Crippen MR) is 68.0 cm³/mol. The van der Waals surface area contributed by atoms with Gasteiger partial charge in [0.15, 0.2) is 0 Å². The van der Waals surface area contributed by atoms with Crippen molar-refractivity contribution in [2.75, 3.05) is 6.54 Å². The van der Waals surface area contributed by atoms with Crippen LogP contribution >= 0.6 is 0 Å². The molecule has 2 aliphatic carbocycles. The molecule has 1 aromatic rings. The smallest absolute Gasteiger partial charge is 0.0964 e. The minimum Gasteiger partial charge on any atom is -0.391 e. The van der Waals surface area contributed by atoms with Gasteiger partial charge in [-0.25, -0.2) is 4.68 Å². The maximum atomic E-state index is 9.98. The van der Waals surface area contributed by atoms with Crippen LogP contribution in [-0.4, -0.2) is 32.7 Å². The summed E-state index contributed by atoms with van der Waals surface area (Å²) in [6.07, 6.45) is 8.67. The topological polar surface area (TPSA) is 63.0 Å². The summed E-state index contributed by atoms with van der Waals surface area (Å²) in [6, 6.07) is 0.128. The van der Waals surface area contributed by atoms with E-state index >= 15 is 0 Å². The molecule has 3 rings (SSSR count). The zero-order chi connectivity index (χ0) is 12.4. The lowest BCUT2D eigenvalue weighted by atomic mass is 9.93. The standard InChI is InChI=1S/C13H22N4O/c18-13-4-2-1-3-12(13)17-9-11(15-16-17)8-14-7-10-5-6-10/h9-10,12-14,18H,1-8H2. The van der Waals surface area contributed by atoms with Gasteiger partial charge < -0.3 is 10.4 Å². The fraction of sp³-hybridized carbons (Fsp3) is 0.846. The van der Waals surface area contributed by atoms with Crippen LogP contribution in [0.3, 0.4) is 0 Å². The Morgan fingerprint density at radius 2 is 2.11 bits per heavy atom. The van der Waals surface area contributed by atoms with E-state index in [0.29, 0.717) is 0 Å². The summed E-state index contributed by atoms with van der Waals surface area (Å²) in [5.74, 6) is 0.889. The third-order valence-electron chi connectivity index (χ3n) is 4.03. The molecule has 5 nitrogen and oxygen atoms in total. The van der Waals surface area contributed by atoms with Crippen molar-refractivity contribution in [2.24, 2.45) is 5.92 Å². The molecule has 0 amide bonds. The zero-order valence-corrected chi connectivity index (χ0v) is 10.8. The highest BCUT2D eigenvalue weighted by molar-refractivity contribution is 4.95. The van der Waals surface area contributed by atoms with E-state index in [2.05, 4.69) is 15.6 Å². The van der Waals surface area contributed by atoms with E-state index < -0.39 is 0 Å². The average molecular weight is 250 g/mol. The van der Waals surface area contributed by atoms with Crippen LogP contribution in [0.5, 0.6) is 0 Å². The molecule has 2 N–H and O–H groups in total. The molecule has 0 aromatic carbocycles. The number of aromatic nitrogens is 3. The molecule has 5 heteroatoms. The maximum absolute atomic E-state index is 9.98. The molecule has 0 bridgehead atoms. The molecule has 0 spiro atoms. The zero-order valence-electron chi connectivity index (χ0n) is 10.8. The molecule has 2 saturated carbocycles. The van der Waals surface area contributed by atoms with Gasteiger partial charge in [0.05, 0.1) is 24.0 Å². The van der Waals surface area contributed by atoms with Gasteiger partial charge in [0, 0.05) is 6.54 Å². The van der Waals surface area contributed by atoms with E-state index in [9.17, 15) is 5.11 Å². The van der Waals surface area contributed by atoms with Gasteiger partial charge in [-0.3, -0.25) is 0 Å². The van der Waals surface area contributed by atoms with Gasteiger partial charge in [0.2, 0.25) is 0 Å². The molecule has 2 fully saturated rings. The number of nitrogens with one attached hydrogen (secondary N) is 1. The van der Waals surface area contributed by atoms with Gasteiger partial charge in [-0.2, -0.15) is 0 Å². The second-order valence-corrected chi connectivity index (χ2v) is 5.68. The third kappa shape index (κ3) is 2.90. The predicted octanol–water partition coefficient (Wildman–Crippen LogP) is 1.25. The van der Waals surface area contributed by atoms with Crippen molar-refractivity contribution in [1.29, 1.82) is 0 Å². The molecule has 0 radical (unpaired) electrons. The van der Waals surface area contributed by atoms with Gasteiger partial charge in [0.1, 0.15) is 0 Å². The molecular formula is C13H22N4O. The van der Waals surface area contributed by atoms with Crippen LogP contribution in [0.15, 0.2) is 6.20 Å². The normalized spacial score (nSPS) is 28.5. The van der Waals surface area contributed by atoms with E-state index in [-0.39, 0.29) is 12.1 Å². The quantitative estimate of drug-likeness (QED) is 0.825. The van der Waals surface area contributed by atoms with Crippen LogP contribution in [0.25, 0.3) is 0 Å². The minimum atomic E-state index is -0.257. The van der Waals surface area contributed by atoms with Gasteiger partial charge in [-0.1, -0.05) is 18.1 Å². The Bertz CT molecular complexity index is 388. The Morgan fingerprint density at radius 1 is 1.28 bits per heavy atom. The number of hydrogen-bond donors (Lipinski definition) is 2. The van der Waals surface area contributed by atoms with Gasteiger partial charge in [-0.15, -0.1) is 5.10 Å². The highest BCUT2D eigenvalue weighted by atomic mass is 16.3. The van der Waals surface area contributed by atoms with E-state index in [1.54, 1.807) is 0 Å². The summed E-state index contributed by atoms with van der Waals surface area (Å²) in [5.41, 5.74) is 0.980. The van der Waals surface area contributed by atoms with Crippen molar-refractivity contribution in [1.82, 2.24) is 20.3 Å². The van der Waals surface area contributed by atoms with Crippen LogP contribution in [0, 0.1) is 5.92 Å². The van der Waals surface area contributed by atoms with Gasteiger partial charge >= 0.3 is 0 Å². The fourth-order valence-corrected chi connectivity index (χ4v) is 2.68. The first-order valence-electron chi connectivity index (χ1n) is 7.12. The first-order valence-corrected chi connectivity index (χ1v) is 7.12. The lowest BCUT2D eigenvalue weighted by molar-refractivity contribution is 0.0685. The van der Waals surface area contributed by atoms with Crippen LogP contribution in [-0.2, 0) is 6.54 Å². The van der Waals surface area contributed by atoms with E-state index in [1.807, 2.05) is 10.9 Å². The number of hydrogen-bond acceptors (Lipinski definition) is 4. The highest BCUT2D eigenvalue weighted by Gasteiger charge is 2.25. The van der Waals surface area contributed by atoms with Crippen molar-refractivity contribution in [3.05, 3.63) is 11.9 Å². The number of aliphatic hydroxyl groups excluding tert-OH is 1. The van der Waals surface area contributed by atoms with E-state index in [4.69, 9.17) is 0 Å². The molecule has 2 atom stereocenters. The Hall–Kier alpha value is -0.940. The molecule has 0 saturated heterocycles. The van der Waals surface area contributed by atoms with Crippen molar-refractivity contribution in [3.63, 3.8) is 0 Å². The second-order valence-electron chi connectivity index (χ2n) is 5.68. The summed E-state index contributed by atoms with van der Waals surface area (Å²) in [6.45, 7) is 1.89. The molecular weight excluding hydrogens is 228 g/mol. The SMILES string of the molecule is OC1CCCCC1n1cc(CNCC2CC2)nn1. The van der Waals surface area contributed by atoms with E-state index in [1.165, 1.54) is 19.3 Å². The van der Waals surface area contributed by atoms with Gasteiger partial charge in [-0.05, 0) is 38.1 Å². The van der Waals surface area contributed by atoms with Crippen molar-refractivity contribution in [2.45, 2.75) is 57.2 Å². The van der Waals surface area contributed by atoms with Crippen LogP contribution in [0.1, 0.15) is 50.3 Å². The van der Waals surface area contributed by atoms with Crippen molar-refractivity contribution in [3.8, 4) is 0 Å². The van der Waals surface area contributed by atoms with Crippen LogP contribution < -0.4 is 5.32 Å². The fourth-order valence-electron chi connectivity index (χ4n) is 2.68. The highest BCUT2D eigenvalue weighted by Crippen LogP contribution is 2.28. The van der Waals surface area contributed by atoms with Crippen LogP contribution in [0.4, 0.5) is 0 Å². The van der Waals surface area contributed by atoms with Crippen molar-refractivity contribution >= 4 is 0 Å². The Kier molecular flexibility index (Phi) is 3.61. The molecule has 18 heavy (non-hydrogen) atoms. The molecule has 1 heterocycles. The first-order chi connectivity index (χ1) is 8.83. The molecule has 0 aliphatic heterocycles. The summed E-state index contributed by atoms with van der Waals surface area (Å²) in [4.78, 5) is 0. The number of aliphatic hydroxyl groups is 1. The largest absolute Gasteiger partial charge is 0.391 e. The molecule has 2 aliphatic rings. The molecule has 1 aromatic heterocycles. The summed E-state index contributed by atoms with van der Waals surface area (Å²) in [7, 11) is 0. The van der Waals surface area contributed by atoms with E-state index in [0.717, 1.165) is 44.0 Å². The Labute approximate surface area is 108 Å². The summed E-state index contributed by atoms with van der Waals surface area (Å²) in [5, 5.41) is 21.8. The number of nitrogens with zero attached hydrogens (tertiary/aromatic N) is 3.